The fraction of sp³-hybridized carbons (Fsp3) is 0.714. The Kier molecular flexibility index (Phi) is 2.53. The van der Waals surface area contributed by atoms with Gasteiger partial charge in [0, 0.05) is 6.54 Å². The van der Waals surface area contributed by atoms with Gasteiger partial charge in [-0.3, -0.25) is 4.79 Å². The summed E-state index contributed by atoms with van der Waals surface area (Å²) >= 11 is 0. The van der Waals surface area contributed by atoms with Crippen LogP contribution in [-0.4, -0.2) is 46.9 Å². The zero-order valence-electron chi connectivity index (χ0n) is 7.11. The Morgan fingerprint density at radius 2 is 2.38 bits per heavy atom. The summed E-state index contributed by atoms with van der Waals surface area (Å²) in [5, 5.41) is 20.4. The second kappa shape index (κ2) is 3.31. The molecular weight excluding hydrogens is 178 g/mol. The molecule has 1 aliphatic rings. The molecule has 2 unspecified atom stereocenters. The molecule has 1 heterocycles. The molecule has 0 spiro atoms. The molecule has 0 radical (unpaired) electrons. The monoisotopic (exact) mass is 189 g/mol. The van der Waals surface area contributed by atoms with E-state index in [-0.39, 0.29) is 6.61 Å². The van der Waals surface area contributed by atoms with Crippen molar-refractivity contribution >= 4 is 11.9 Å². The highest BCUT2D eigenvalue weighted by molar-refractivity contribution is 5.90. The second-order valence-corrected chi connectivity index (χ2v) is 2.99. The molecule has 0 aromatic heterocycles. The van der Waals surface area contributed by atoms with Crippen molar-refractivity contribution in [3.63, 3.8) is 0 Å². The zero-order chi connectivity index (χ0) is 10.1. The highest BCUT2D eigenvalue weighted by Crippen LogP contribution is 2.15. The fourth-order valence-electron chi connectivity index (χ4n) is 1.05. The van der Waals surface area contributed by atoms with Crippen molar-refractivity contribution in [1.82, 2.24) is 5.32 Å². The second-order valence-electron chi connectivity index (χ2n) is 2.99. The maximum absolute atomic E-state index is 11.1. The molecule has 1 aliphatic heterocycles. The van der Waals surface area contributed by atoms with Gasteiger partial charge in [-0.2, -0.15) is 0 Å². The molecule has 0 aromatic carbocycles. The Labute approximate surface area is 74.5 Å². The summed E-state index contributed by atoms with van der Waals surface area (Å²) in [4.78, 5) is 21.6. The number of carbonyl (C=O) groups is 2. The van der Waals surface area contributed by atoms with Crippen molar-refractivity contribution in [2.24, 2.45) is 0 Å². The lowest BCUT2D eigenvalue weighted by molar-refractivity contribution is -0.182. The highest BCUT2D eigenvalue weighted by Gasteiger charge is 2.46. The molecule has 1 amide bonds. The zero-order valence-corrected chi connectivity index (χ0v) is 7.11. The van der Waals surface area contributed by atoms with Crippen LogP contribution in [0.1, 0.15) is 6.92 Å². The van der Waals surface area contributed by atoms with Crippen LogP contribution in [0.3, 0.4) is 0 Å². The van der Waals surface area contributed by atoms with E-state index in [4.69, 9.17) is 9.84 Å². The number of amides is 1. The molecule has 13 heavy (non-hydrogen) atoms. The summed E-state index contributed by atoms with van der Waals surface area (Å²) < 4.78 is 4.87. The van der Waals surface area contributed by atoms with Crippen molar-refractivity contribution in [3.05, 3.63) is 0 Å². The molecule has 2 atom stereocenters. The molecule has 3 N–H and O–H groups in total. The molecular formula is C7H11NO5. The van der Waals surface area contributed by atoms with E-state index in [1.165, 1.54) is 0 Å². The molecule has 0 saturated carbocycles. The largest absolute Gasteiger partial charge is 0.479 e. The predicted molar refractivity (Wildman–Crippen MR) is 41.0 cm³/mol. The third-order valence-electron chi connectivity index (χ3n) is 1.87. The Balaban J connectivity index is 2.79. The van der Waals surface area contributed by atoms with Crippen LogP contribution < -0.4 is 5.32 Å². The third-order valence-corrected chi connectivity index (χ3v) is 1.87. The van der Waals surface area contributed by atoms with Crippen LogP contribution in [0, 0.1) is 0 Å². The van der Waals surface area contributed by atoms with Crippen LogP contribution in [0.4, 0.5) is 0 Å². The van der Waals surface area contributed by atoms with Crippen LogP contribution in [0.2, 0.25) is 0 Å². The average molecular weight is 189 g/mol. The first-order chi connectivity index (χ1) is 5.96. The molecule has 0 bridgehead atoms. The number of aliphatic hydroxyl groups is 1. The first kappa shape index (κ1) is 9.94. The van der Waals surface area contributed by atoms with Gasteiger partial charge < -0.3 is 20.3 Å². The normalized spacial score (nSPS) is 27.5. The first-order valence-electron chi connectivity index (χ1n) is 3.81. The summed E-state index contributed by atoms with van der Waals surface area (Å²) in [5.74, 6) is -2.08. The Morgan fingerprint density at radius 1 is 1.77 bits per heavy atom. The van der Waals surface area contributed by atoms with Gasteiger partial charge >= 0.3 is 5.97 Å². The van der Waals surface area contributed by atoms with Crippen molar-refractivity contribution < 1.29 is 24.5 Å². The van der Waals surface area contributed by atoms with E-state index in [1.807, 2.05) is 0 Å². The molecule has 1 fully saturated rings. The van der Waals surface area contributed by atoms with E-state index in [2.05, 4.69) is 5.32 Å². The fourth-order valence-corrected chi connectivity index (χ4v) is 1.05. The summed E-state index contributed by atoms with van der Waals surface area (Å²) in [6, 6.07) is 0. The molecule has 74 valence electrons. The minimum atomic E-state index is -2.18. The number of aliphatic carboxylic acids is 1. The number of hydrogen-bond acceptors (Lipinski definition) is 4. The van der Waals surface area contributed by atoms with Crippen LogP contribution in [0.25, 0.3) is 0 Å². The number of carboxylic acids is 1. The van der Waals surface area contributed by atoms with E-state index < -0.39 is 23.6 Å². The topological polar surface area (TPSA) is 95.9 Å². The Bertz CT molecular complexity index is 237. The summed E-state index contributed by atoms with van der Waals surface area (Å²) in [5.41, 5.74) is -2.18. The number of nitrogens with one attached hydrogen (secondary N) is 1. The van der Waals surface area contributed by atoms with Crippen LogP contribution in [0.5, 0.6) is 0 Å². The van der Waals surface area contributed by atoms with E-state index in [9.17, 15) is 14.7 Å². The SMILES string of the molecule is CC(O)(C(=O)O)C1OCCNC1=O. The molecule has 1 rings (SSSR count). The average Bonchev–Trinajstić information content (AvgIpc) is 2.04. The minimum absolute atomic E-state index is 0.208. The lowest BCUT2D eigenvalue weighted by atomic mass is 9.98. The first-order valence-corrected chi connectivity index (χ1v) is 3.81. The van der Waals surface area contributed by atoms with Gasteiger partial charge in [-0.15, -0.1) is 0 Å². The van der Waals surface area contributed by atoms with Crippen molar-refractivity contribution in [1.29, 1.82) is 0 Å². The lowest BCUT2D eigenvalue weighted by Gasteiger charge is -2.30. The maximum Gasteiger partial charge on any atom is 0.338 e. The molecule has 0 aliphatic carbocycles. The van der Waals surface area contributed by atoms with Gasteiger partial charge in [0.25, 0.3) is 5.91 Å². The van der Waals surface area contributed by atoms with Crippen molar-refractivity contribution in [2.75, 3.05) is 13.2 Å². The highest BCUT2D eigenvalue weighted by atomic mass is 16.5. The van der Waals surface area contributed by atoms with Crippen LogP contribution in [-0.2, 0) is 14.3 Å². The minimum Gasteiger partial charge on any atom is -0.479 e. The van der Waals surface area contributed by atoms with Crippen molar-refractivity contribution in [2.45, 2.75) is 18.6 Å². The van der Waals surface area contributed by atoms with Gasteiger partial charge in [-0.1, -0.05) is 0 Å². The van der Waals surface area contributed by atoms with Gasteiger partial charge in [0.15, 0.2) is 11.7 Å². The molecule has 6 nitrogen and oxygen atoms in total. The number of morpholine rings is 1. The van der Waals surface area contributed by atoms with Gasteiger partial charge in [0.05, 0.1) is 6.61 Å². The predicted octanol–water partition coefficient (Wildman–Crippen LogP) is -1.66. The number of ether oxygens (including phenoxy) is 1. The number of rotatable bonds is 2. The van der Waals surface area contributed by atoms with E-state index in [0.717, 1.165) is 6.92 Å². The van der Waals surface area contributed by atoms with Gasteiger partial charge in [0.1, 0.15) is 0 Å². The number of carboxylic acid groups (broad SMARTS) is 1. The van der Waals surface area contributed by atoms with Crippen molar-refractivity contribution in [3.8, 4) is 0 Å². The Hall–Kier alpha value is -1.14. The lowest BCUT2D eigenvalue weighted by Crippen LogP contribution is -2.59. The van der Waals surface area contributed by atoms with Gasteiger partial charge in [-0.05, 0) is 6.92 Å². The molecule has 1 saturated heterocycles. The van der Waals surface area contributed by atoms with E-state index >= 15 is 0 Å². The Morgan fingerprint density at radius 3 is 2.85 bits per heavy atom. The number of carbonyl (C=O) groups excluding carboxylic acids is 1. The summed E-state index contributed by atoms with van der Waals surface area (Å²) in [6.07, 6.45) is -1.33. The third kappa shape index (κ3) is 1.78. The standard InChI is InChI=1S/C7H11NO5/c1-7(12,6(10)11)4-5(9)8-2-3-13-4/h4,12H,2-3H2,1H3,(H,8,9)(H,10,11). The van der Waals surface area contributed by atoms with Gasteiger partial charge in [-0.25, -0.2) is 4.79 Å². The molecule has 6 heteroatoms. The summed E-state index contributed by atoms with van der Waals surface area (Å²) in [7, 11) is 0. The van der Waals surface area contributed by atoms with Crippen LogP contribution in [0.15, 0.2) is 0 Å². The number of hydrogen-bond donors (Lipinski definition) is 3. The summed E-state index contributed by atoms with van der Waals surface area (Å²) in [6.45, 7) is 1.58. The van der Waals surface area contributed by atoms with Gasteiger partial charge in [0.2, 0.25) is 0 Å². The van der Waals surface area contributed by atoms with Crippen LogP contribution >= 0.6 is 0 Å². The smallest absolute Gasteiger partial charge is 0.338 e. The van der Waals surface area contributed by atoms with E-state index in [1.54, 1.807) is 0 Å². The maximum atomic E-state index is 11.1. The molecule has 0 aromatic rings. The van der Waals surface area contributed by atoms with E-state index in [0.29, 0.717) is 6.54 Å². The quantitative estimate of drug-likeness (QED) is 0.483.